The number of carbonyl (C=O) groups excluding carboxylic acids is 2. The van der Waals surface area contributed by atoms with Crippen molar-refractivity contribution in [2.24, 2.45) is 0 Å². The van der Waals surface area contributed by atoms with E-state index in [0.717, 1.165) is 0 Å². The van der Waals surface area contributed by atoms with Gasteiger partial charge < -0.3 is 10.3 Å². The maximum Gasteiger partial charge on any atom is 0.442 e. The number of rotatable bonds is 5. The Kier molecular flexibility index (Phi) is 5.43. The van der Waals surface area contributed by atoms with E-state index >= 15 is 0 Å². The molecule has 0 radical (unpaired) electrons. The first kappa shape index (κ1) is 11.6. The number of carbonyl (C=O) groups is 2. The zero-order valence-corrected chi connectivity index (χ0v) is 7.45. The van der Waals surface area contributed by atoms with E-state index in [4.69, 9.17) is 17.1 Å². The van der Waals surface area contributed by atoms with Gasteiger partial charge >= 0.3 is 11.7 Å². The second-order valence-electron chi connectivity index (χ2n) is 1.89. The number of Topliss-reactive ketones (excluding diaryl/α,β-unsaturated/α-hetero) is 1. The number of hydrogen-bond acceptors (Lipinski definition) is 3. The molecule has 5 nitrogen and oxygen atoms in total. The number of esters is 1. The van der Waals surface area contributed by atoms with E-state index < -0.39 is 23.3 Å². The van der Waals surface area contributed by atoms with E-state index in [1.165, 1.54) is 6.08 Å². The van der Waals surface area contributed by atoms with Crippen LogP contribution in [0.4, 0.5) is 0 Å². The van der Waals surface area contributed by atoms with Crippen LogP contribution in [0.1, 0.15) is 0 Å². The summed E-state index contributed by atoms with van der Waals surface area (Å²) in [4.78, 5) is 24.2. The number of hydrogen-bond donors (Lipinski definition) is 0. The number of nitrogens with zero attached hydrogens (tertiary/aromatic N) is 2. The molecule has 0 aliphatic carbocycles. The van der Waals surface area contributed by atoms with E-state index in [1.54, 1.807) is 0 Å². The largest absolute Gasteiger partial charge is 0.453 e. The van der Waals surface area contributed by atoms with Gasteiger partial charge in [-0.05, 0) is 0 Å². The van der Waals surface area contributed by atoms with Crippen molar-refractivity contribution in [1.29, 1.82) is 0 Å². The van der Waals surface area contributed by atoms with Crippen molar-refractivity contribution < 1.29 is 19.1 Å². The van der Waals surface area contributed by atoms with Crippen molar-refractivity contribution in [1.82, 2.24) is 0 Å². The molecular weight excluding hydrogens is 196 g/mol. The van der Waals surface area contributed by atoms with Crippen molar-refractivity contribution in [3.8, 4) is 0 Å². The van der Waals surface area contributed by atoms with Crippen molar-refractivity contribution in [2.75, 3.05) is 12.5 Å². The van der Waals surface area contributed by atoms with Gasteiger partial charge in [0.2, 0.25) is 0 Å². The minimum Gasteiger partial charge on any atom is -0.453 e. The highest BCUT2D eigenvalue weighted by Crippen LogP contribution is 1.87. The van der Waals surface area contributed by atoms with E-state index in [1.807, 2.05) is 0 Å². The van der Waals surface area contributed by atoms with Gasteiger partial charge in [-0.3, -0.25) is 4.79 Å². The average molecular weight is 203 g/mol. The van der Waals surface area contributed by atoms with Crippen molar-refractivity contribution in [3.05, 3.63) is 18.2 Å². The highest BCUT2D eigenvalue weighted by Gasteiger charge is 2.29. The lowest BCUT2D eigenvalue weighted by molar-refractivity contribution is -0.140. The average Bonchev–Trinajstić information content (AvgIpc) is 2.15. The van der Waals surface area contributed by atoms with Crippen LogP contribution in [-0.4, -0.2) is 34.7 Å². The normalized spacial score (nSPS) is 8.38. The third-order valence-corrected chi connectivity index (χ3v) is 1.25. The second kappa shape index (κ2) is 6.11. The molecule has 0 saturated carbocycles. The Labute approximate surface area is 79.6 Å². The molecule has 0 spiro atoms. The quantitative estimate of drug-likeness (QED) is 0.121. The molecule has 0 aromatic rings. The molecule has 6 heteroatoms. The number of ketones is 1. The first-order chi connectivity index (χ1) is 6.17. The molecule has 0 rings (SSSR count). The van der Waals surface area contributed by atoms with Crippen LogP contribution in [0.3, 0.4) is 0 Å². The SMILES string of the molecule is C=CCOC(=O)C(=[N+]=[N-])C(=O)CCl. The summed E-state index contributed by atoms with van der Waals surface area (Å²) in [6, 6.07) is 0. The molecule has 0 aromatic carbocycles. The minimum atomic E-state index is -1.02. The predicted molar refractivity (Wildman–Crippen MR) is 45.5 cm³/mol. The summed E-state index contributed by atoms with van der Waals surface area (Å²) in [6.45, 7) is 3.23. The first-order valence-corrected chi connectivity index (χ1v) is 3.80. The van der Waals surface area contributed by atoms with Gasteiger partial charge in [0.15, 0.2) is 0 Å². The highest BCUT2D eigenvalue weighted by molar-refractivity contribution is 6.65. The topological polar surface area (TPSA) is 79.8 Å². The van der Waals surface area contributed by atoms with Crippen LogP contribution in [0.15, 0.2) is 12.7 Å². The molecule has 0 aliphatic rings. The first-order valence-electron chi connectivity index (χ1n) is 3.26. The number of halogens is 1. The molecule has 0 atom stereocenters. The molecule has 0 unspecified atom stereocenters. The third kappa shape index (κ3) is 3.64. The molecule has 0 amide bonds. The van der Waals surface area contributed by atoms with E-state index in [2.05, 4.69) is 16.1 Å². The molecule has 0 fully saturated rings. The molecular formula is C7H7ClN2O3. The fourth-order valence-corrected chi connectivity index (χ4v) is 0.603. The maximum atomic E-state index is 10.9. The summed E-state index contributed by atoms with van der Waals surface area (Å²) in [5, 5.41) is 0. The zero-order valence-electron chi connectivity index (χ0n) is 6.70. The van der Waals surface area contributed by atoms with Gasteiger partial charge in [-0.2, -0.15) is 4.79 Å². The third-order valence-electron chi connectivity index (χ3n) is 1.01. The summed E-state index contributed by atoms with van der Waals surface area (Å²) >= 11 is 5.13. The monoisotopic (exact) mass is 202 g/mol. The lowest BCUT2D eigenvalue weighted by Gasteiger charge is -1.94. The van der Waals surface area contributed by atoms with Crippen LogP contribution in [0.25, 0.3) is 5.53 Å². The van der Waals surface area contributed by atoms with Crippen LogP contribution in [0, 0.1) is 0 Å². The van der Waals surface area contributed by atoms with Gasteiger partial charge in [-0.1, -0.05) is 12.7 Å². The van der Waals surface area contributed by atoms with Crippen LogP contribution in [0.5, 0.6) is 0 Å². The van der Waals surface area contributed by atoms with E-state index in [0.29, 0.717) is 0 Å². The lowest BCUT2D eigenvalue weighted by atomic mass is 10.3. The van der Waals surface area contributed by atoms with Gasteiger partial charge in [0.05, 0.1) is 5.88 Å². The molecule has 0 bridgehead atoms. The van der Waals surface area contributed by atoms with Crippen molar-refractivity contribution in [3.63, 3.8) is 0 Å². The Hall–Kier alpha value is -1.45. The Morgan fingerprint density at radius 2 is 2.23 bits per heavy atom. The van der Waals surface area contributed by atoms with Gasteiger partial charge in [0.25, 0.3) is 5.78 Å². The zero-order chi connectivity index (χ0) is 10.3. The van der Waals surface area contributed by atoms with Gasteiger partial charge in [-0.25, -0.2) is 4.79 Å². The molecule has 0 N–H and O–H groups in total. The molecule has 0 aliphatic heterocycles. The molecule has 0 aromatic heterocycles. The van der Waals surface area contributed by atoms with Gasteiger partial charge in [0.1, 0.15) is 6.61 Å². The Morgan fingerprint density at radius 3 is 2.62 bits per heavy atom. The fourth-order valence-electron chi connectivity index (χ4n) is 0.477. The highest BCUT2D eigenvalue weighted by atomic mass is 35.5. The van der Waals surface area contributed by atoms with Crippen LogP contribution in [0.2, 0.25) is 0 Å². The smallest absolute Gasteiger partial charge is 0.442 e. The summed E-state index contributed by atoms with van der Waals surface area (Å²) in [5.74, 6) is -2.26. The number of ether oxygens (including phenoxy) is 1. The molecule has 13 heavy (non-hydrogen) atoms. The van der Waals surface area contributed by atoms with Crippen molar-refractivity contribution >= 4 is 29.1 Å². The minimum absolute atomic E-state index is 0.0621. The lowest BCUT2D eigenvalue weighted by Crippen LogP contribution is -2.28. The van der Waals surface area contributed by atoms with Crippen LogP contribution < -0.4 is 0 Å². The van der Waals surface area contributed by atoms with E-state index in [-0.39, 0.29) is 6.61 Å². The second-order valence-corrected chi connectivity index (χ2v) is 2.16. The fraction of sp³-hybridized carbons (Fsp3) is 0.286. The van der Waals surface area contributed by atoms with Gasteiger partial charge in [0, 0.05) is 0 Å². The number of alkyl halides is 1. The molecule has 0 saturated heterocycles. The van der Waals surface area contributed by atoms with E-state index in [9.17, 15) is 9.59 Å². The predicted octanol–water partition coefficient (Wildman–Crippen LogP) is 0.194. The van der Waals surface area contributed by atoms with Gasteiger partial charge in [-0.15, -0.1) is 11.6 Å². The molecule has 70 valence electrons. The van der Waals surface area contributed by atoms with Crippen molar-refractivity contribution in [2.45, 2.75) is 0 Å². The summed E-state index contributed by atoms with van der Waals surface area (Å²) in [6.07, 6.45) is 1.32. The Balaban J connectivity index is 4.43. The maximum absolute atomic E-state index is 10.9. The molecule has 0 heterocycles. The van der Waals surface area contributed by atoms with Crippen LogP contribution >= 0.6 is 11.6 Å². The summed E-state index contributed by atoms with van der Waals surface area (Å²) in [5.41, 5.74) is 7.57. The summed E-state index contributed by atoms with van der Waals surface area (Å²) < 4.78 is 4.44. The standard InChI is InChI=1S/C7H7ClN2O3/c1-2-3-13-7(12)6(10-9)5(11)4-8/h2H,1,3-4H2. The Morgan fingerprint density at radius 1 is 1.62 bits per heavy atom. The van der Waals surface area contributed by atoms with Crippen LogP contribution in [-0.2, 0) is 14.3 Å². The Bertz CT molecular complexity index is 281. The summed E-state index contributed by atoms with van der Waals surface area (Å²) in [7, 11) is 0.